The Morgan fingerprint density at radius 1 is 1.23 bits per heavy atom. The van der Waals surface area contributed by atoms with E-state index in [-0.39, 0.29) is 5.82 Å². The Hall–Kier alpha value is -2.36. The normalized spacial score (nSPS) is 12.0. The number of rotatable bonds is 6. The van der Waals surface area contributed by atoms with Crippen LogP contribution in [0.25, 0.3) is 0 Å². The van der Waals surface area contributed by atoms with Crippen molar-refractivity contribution < 1.29 is 19.0 Å². The molecule has 1 unspecified atom stereocenters. The highest BCUT2D eigenvalue weighted by atomic mass is 19.1. The second-order valence-electron chi connectivity index (χ2n) is 5.17. The number of ether oxygens (including phenoxy) is 1. The van der Waals surface area contributed by atoms with Gasteiger partial charge in [0, 0.05) is 0 Å². The van der Waals surface area contributed by atoms with Crippen LogP contribution >= 0.6 is 0 Å². The molecule has 0 fully saturated rings. The largest absolute Gasteiger partial charge is 0.494 e. The quantitative estimate of drug-likeness (QED) is 0.879. The molecule has 2 aromatic carbocycles. The molecule has 1 atom stereocenters. The predicted octanol–water partition coefficient (Wildman–Crippen LogP) is 3.94. The fraction of sp³-hybridized carbons (Fsp3) is 0.278. The molecule has 0 radical (unpaired) electrons. The Morgan fingerprint density at radius 2 is 1.91 bits per heavy atom. The summed E-state index contributed by atoms with van der Waals surface area (Å²) in [4.78, 5) is 11.6. The Kier molecular flexibility index (Phi) is 5.15. The zero-order chi connectivity index (χ0) is 16.1. The molecule has 2 rings (SSSR count). The zero-order valence-corrected chi connectivity index (χ0v) is 12.7. The molecule has 0 aliphatic carbocycles. The van der Waals surface area contributed by atoms with Crippen LogP contribution in [-0.4, -0.2) is 17.7 Å². The molecule has 3 nitrogen and oxygen atoms in total. The number of carboxylic acids is 1. The number of aryl methyl sites for hydroxylation is 1. The third-order valence-corrected chi connectivity index (χ3v) is 3.58. The van der Waals surface area contributed by atoms with Crippen molar-refractivity contribution >= 4 is 5.97 Å². The van der Waals surface area contributed by atoms with Crippen molar-refractivity contribution in [2.75, 3.05) is 6.61 Å². The molecule has 0 heterocycles. The maximum Gasteiger partial charge on any atom is 0.311 e. The van der Waals surface area contributed by atoms with Crippen molar-refractivity contribution in [3.63, 3.8) is 0 Å². The SMILES string of the molecule is CCOc1ccc(C(Cc2ccc(F)cc2)C(=O)O)c(C)c1. The average molecular weight is 302 g/mol. The summed E-state index contributed by atoms with van der Waals surface area (Å²) in [5.74, 6) is -1.15. The van der Waals surface area contributed by atoms with Crippen molar-refractivity contribution in [3.05, 3.63) is 65.0 Å². The fourth-order valence-corrected chi connectivity index (χ4v) is 2.48. The number of carbonyl (C=O) groups is 1. The fourth-order valence-electron chi connectivity index (χ4n) is 2.48. The lowest BCUT2D eigenvalue weighted by atomic mass is 9.89. The predicted molar refractivity (Wildman–Crippen MR) is 82.8 cm³/mol. The standard InChI is InChI=1S/C18H19FO3/c1-3-22-15-8-9-16(12(2)10-15)17(18(20)21)11-13-4-6-14(19)7-5-13/h4-10,17H,3,11H2,1-2H3,(H,20,21). The second kappa shape index (κ2) is 7.07. The highest BCUT2D eigenvalue weighted by Gasteiger charge is 2.22. The molecule has 0 spiro atoms. The Bertz CT molecular complexity index is 650. The Balaban J connectivity index is 2.28. The van der Waals surface area contributed by atoms with Gasteiger partial charge in [-0.3, -0.25) is 4.79 Å². The van der Waals surface area contributed by atoms with Crippen molar-refractivity contribution in [1.82, 2.24) is 0 Å². The summed E-state index contributed by atoms with van der Waals surface area (Å²) in [5, 5.41) is 9.53. The average Bonchev–Trinajstić information content (AvgIpc) is 2.47. The maximum atomic E-state index is 13.0. The smallest absolute Gasteiger partial charge is 0.311 e. The zero-order valence-electron chi connectivity index (χ0n) is 12.7. The number of halogens is 1. The molecule has 4 heteroatoms. The summed E-state index contributed by atoms with van der Waals surface area (Å²) in [6, 6.07) is 11.4. The Labute approximate surface area is 129 Å². The summed E-state index contributed by atoms with van der Waals surface area (Å²) >= 11 is 0. The topological polar surface area (TPSA) is 46.5 Å². The van der Waals surface area contributed by atoms with Crippen LogP contribution in [0.2, 0.25) is 0 Å². The van der Waals surface area contributed by atoms with Crippen LogP contribution < -0.4 is 4.74 Å². The third kappa shape index (κ3) is 3.85. The van der Waals surface area contributed by atoms with Crippen molar-refractivity contribution in [2.45, 2.75) is 26.2 Å². The first-order valence-electron chi connectivity index (χ1n) is 7.22. The number of hydrogen-bond donors (Lipinski definition) is 1. The lowest BCUT2D eigenvalue weighted by molar-refractivity contribution is -0.138. The summed E-state index contributed by atoms with van der Waals surface area (Å²) < 4.78 is 18.4. The summed E-state index contributed by atoms with van der Waals surface area (Å²) in [7, 11) is 0. The van der Waals surface area contributed by atoms with E-state index in [2.05, 4.69) is 0 Å². The van der Waals surface area contributed by atoms with E-state index >= 15 is 0 Å². The minimum absolute atomic E-state index is 0.324. The molecule has 22 heavy (non-hydrogen) atoms. The number of aliphatic carboxylic acids is 1. The number of benzene rings is 2. The molecule has 0 saturated heterocycles. The van der Waals surface area contributed by atoms with E-state index in [1.807, 2.05) is 19.9 Å². The van der Waals surface area contributed by atoms with Gasteiger partial charge in [-0.25, -0.2) is 4.39 Å². The second-order valence-corrected chi connectivity index (χ2v) is 5.17. The summed E-state index contributed by atoms with van der Waals surface area (Å²) in [6.07, 6.45) is 0.324. The molecule has 0 amide bonds. The van der Waals surface area contributed by atoms with Crippen LogP contribution in [0.4, 0.5) is 4.39 Å². The van der Waals surface area contributed by atoms with Gasteiger partial charge in [0.05, 0.1) is 12.5 Å². The van der Waals surface area contributed by atoms with E-state index in [0.717, 1.165) is 22.4 Å². The first kappa shape index (κ1) is 16.0. The first-order valence-corrected chi connectivity index (χ1v) is 7.22. The van der Waals surface area contributed by atoms with Gasteiger partial charge in [-0.1, -0.05) is 18.2 Å². The monoisotopic (exact) mass is 302 g/mol. The number of hydrogen-bond acceptors (Lipinski definition) is 2. The van der Waals surface area contributed by atoms with E-state index in [0.29, 0.717) is 13.0 Å². The summed E-state index contributed by atoms with van der Waals surface area (Å²) in [5.41, 5.74) is 2.42. The minimum Gasteiger partial charge on any atom is -0.494 e. The van der Waals surface area contributed by atoms with Gasteiger partial charge >= 0.3 is 5.97 Å². The van der Waals surface area contributed by atoms with Gasteiger partial charge in [-0.05, 0) is 61.2 Å². The van der Waals surface area contributed by atoms with Crippen LogP contribution in [0.1, 0.15) is 29.5 Å². The van der Waals surface area contributed by atoms with Gasteiger partial charge in [0.1, 0.15) is 11.6 Å². The maximum absolute atomic E-state index is 13.0. The molecular formula is C18H19FO3. The van der Waals surface area contributed by atoms with Crippen LogP contribution in [0.5, 0.6) is 5.75 Å². The highest BCUT2D eigenvalue weighted by Crippen LogP contribution is 2.27. The van der Waals surface area contributed by atoms with E-state index in [1.54, 1.807) is 24.3 Å². The van der Waals surface area contributed by atoms with Gasteiger partial charge in [-0.15, -0.1) is 0 Å². The molecule has 1 N–H and O–H groups in total. The molecule has 0 aliphatic heterocycles. The van der Waals surface area contributed by atoms with E-state index in [4.69, 9.17) is 4.74 Å². The summed E-state index contributed by atoms with van der Waals surface area (Å²) in [6.45, 7) is 4.34. The van der Waals surface area contributed by atoms with E-state index in [1.165, 1.54) is 12.1 Å². The molecule has 2 aromatic rings. The van der Waals surface area contributed by atoms with Crippen LogP contribution in [0.3, 0.4) is 0 Å². The molecule has 0 aromatic heterocycles. The van der Waals surface area contributed by atoms with Crippen molar-refractivity contribution in [2.24, 2.45) is 0 Å². The van der Waals surface area contributed by atoms with Crippen molar-refractivity contribution in [1.29, 1.82) is 0 Å². The Morgan fingerprint density at radius 3 is 2.45 bits per heavy atom. The highest BCUT2D eigenvalue weighted by molar-refractivity contribution is 5.77. The van der Waals surface area contributed by atoms with Crippen LogP contribution in [0, 0.1) is 12.7 Å². The van der Waals surface area contributed by atoms with E-state index < -0.39 is 11.9 Å². The van der Waals surface area contributed by atoms with Crippen LogP contribution in [0.15, 0.2) is 42.5 Å². The van der Waals surface area contributed by atoms with Gasteiger partial charge in [0.25, 0.3) is 0 Å². The van der Waals surface area contributed by atoms with Gasteiger partial charge in [0.15, 0.2) is 0 Å². The molecule has 0 saturated carbocycles. The van der Waals surface area contributed by atoms with E-state index in [9.17, 15) is 14.3 Å². The van der Waals surface area contributed by atoms with Crippen LogP contribution in [-0.2, 0) is 11.2 Å². The molecular weight excluding hydrogens is 283 g/mol. The molecule has 116 valence electrons. The van der Waals surface area contributed by atoms with Gasteiger partial charge < -0.3 is 9.84 Å². The first-order chi connectivity index (χ1) is 10.5. The molecule has 0 aliphatic rings. The third-order valence-electron chi connectivity index (χ3n) is 3.58. The molecule has 0 bridgehead atoms. The lowest BCUT2D eigenvalue weighted by Gasteiger charge is -2.16. The van der Waals surface area contributed by atoms with Crippen molar-refractivity contribution in [3.8, 4) is 5.75 Å². The lowest BCUT2D eigenvalue weighted by Crippen LogP contribution is -2.15. The van der Waals surface area contributed by atoms with Gasteiger partial charge in [-0.2, -0.15) is 0 Å². The van der Waals surface area contributed by atoms with Gasteiger partial charge in [0.2, 0.25) is 0 Å². The number of carboxylic acid groups (broad SMARTS) is 1. The minimum atomic E-state index is -0.892.